The average molecular weight is 168 g/mol. The fourth-order valence-corrected chi connectivity index (χ4v) is 2.30. The molecule has 0 radical (unpaired) electrons. The van der Waals surface area contributed by atoms with Gasteiger partial charge in [0.2, 0.25) is 0 Å². The minimum absolute atomic E-state index is 0.00917. The van der Waals surface area contributed by atoms with E-state index in [0.29, 0.717) is 11.2 Å². The van der Waals surface area contributed by atoms with Crippen LogP contribution in [0, 0.1) is 10.8 Å². The molecule has 1 aliphatic carbocycles. The molecule has 0 aromatic rings. The van der Waals surface area contributed by atoms with Gasteiger partial charge >= 0.3 is 0 Å². The van der Waals surface area contributed by atoms with E-state index < -0.39 is 0 Å². The van der Waals surface area contributed by atoms with Crippen LogP contribution in [0.4, 0.5) is 0 Å². The van der Waals surface area contributed by atoms with Crippen molar-refractivity contribution in [2.45, 2.75) is 53.4 Å². The number of carbonyl (C=O) groups excluding carboxylic acids is 1. The molecule has 0 aliphatic heterocycles. The smallest absolute Gasteiger partial charge is 0.135 e. The fraction of sp³-hybridized carbons (Fsp3) is 0.909. The first-order valence-corrected chi connectivity index (χ1v) is 4.93. The van der Waals surface area contributed by atoms with Crippen molar-refractivity contribution in [3.05, 3.63) is 0 Å². The number of Topliss-reactive ketones (excluding diaryl/α,β-unsaturated/α-hetero) is 1. The van der Waals surface area contributed by atoms with Crippen LogP contribution in [0.15, 0.2) is 0 Å². The van der Waals surface area contributed by atoms with Gasteiger partial charge in [-0.25, -0.2) is 0 Å². The van der Waals surface area contributed by atoms with Gasteiger partial charge in [-0.1, -0.05) is 27.2 Å². The van der Waals surface area contributed by atoms with Gasteiger partial charge in [-0.15, -0.1) is 0 Å². The molecule has 1 fully saturated rings. The van der Waals surface area contributed by atoms with E-state index in [1.54, 1.807) is 6.92 Å². The Hall–Kier alpha value is -0.330. The first-order chi connectivity index (χ1) is 5.42. The third kappa shape index (κ3) is 1.55. The Morgan fingerprint density at radius 1 is 1.33 bits per heavy atom. The van der Waals surface area contributed by atoms with Gasteiger partial charge in [0, 0.05) is 5.41 Å². The van der Waals surface area contributed by atoms with Gasteiger partial charge in [-0.05, 0) is 31.6 Å². The van der Waals surface area contributed by atoms with Crippen molar-refractivity contribution in [2.75, 3.05) is 0 Å². The molecule has 0 heterocycles. The van der Waals surface area contributed by atoms with Crippen molar-refractivity contribution in [1.82, 2.24) is 0 Å². The zero-order chi connectivity index (χ0) is 9.41. The van der Waals surface area contributed by atoms with Crippen molar-refractivity contribution in [1.29, 1.82) is 0 Å². The summed E-state index contributed by atoms with van der Waals surface area (Å²) in [6, 6.07) is 0. The predicted molar refractivity (Wildman–Crippen MR) is 51.0 cm³/mol. The minimum atomic E-state index is -0.00917. The monoisotopic (exact) mass is 168 g/mol. The van der Waals surface area contributed by atoms with Gasteiger partial charge in [0.05, 0.1) is 0 Å². The first kappa shape index (κ1) is 9.76. The molecule has 1 nitrogen and oxygen atoms in total. The Kier molecular flexibility index (Phi) is 2.33. The molecule has 0 saturated heterocycles. The summed E-state index contributed by atoms with van der Waals surface area (Å²) in [7, 11) is 0. The van der Waals surface area contributed by atoms with E-state index in [9.17, 15) is 4.79 Å². The van der Waals surface area contributed by atoms with Gasteiger partial charge in [0.25, 0.3) is 0 Å². The van der Waals surface area contributed by atoms with Gasteiger partial charge in [-0.3, -0.25) is 4.79 Å². The molecule has 1 saturated carbocycles. The van der Waals surface area contributed by atoms with Gasteiger partial charge in [0.1, 0.15) is 5.78 Å². The summed E-state index contributed by atoms with van der Waals surface area (Å²) in [4.78, 5) is 11.4. The van der Waals surface area contributed by atoms with E-state index in [2.05, 4.69) is 20.8 Å². The molecule has 1 aliphatic rings. The zero-order valence-electron chi connectivity index (χ0n) is 8.74. The van der Waals surface area contributed by atoms with Crippen molar-refractivity contribution in [3.63, 3.8) is 0 Å². The van der Waals surface area contributed by atoms with E-state index in [4.69, 9.17) is 0 Å². The second-order valence-corrected chi connectivity index (χ2v) is 4.96. The maximum absolute atomic E-state index is 11.4. The van der Waals surface area contributed by atoms with Crippen LogP contribution in [0.2, 0.25) is 0 Å². The summed E-state index contributed by atoms with van der Waals surface area (Å²) in [5.41, 5.74) is 0.422. The second-order valence-electron chi connectivity index (χ2n) is 4.96. The SMILES string of the molecule is CCC1(C)CCC(C)(C(C)=O)C1. The van der Waals surface area contributed by atoms with E-state index in [1.807, 2.05) is 0 Å². The predicted octanol–water partition coefficient (Wildman–Crippen LogP) is 3.18. The van der Waals surface area contributed by atoms with Crippen LogP contribution < -0.4 is 0 Å². The topological polar surface area (TPSA) is 17.1 Å². The second kappa shape index (κ2) is 2.86. The third-order valence-corrected chi connectivity index (χ3v) is 3.80. The van der Waals surface area contributed by atoms with Crippen LogP contribution in [-0.2, 0) is 4.79 Å². The molecule has 0 bridgehead atoms. The van der Waals surface area contributed by atoms with Crippen LogP contribution in [0.3, 0.4) is 0 Å². The standard InChI is InChI=1S/C11H20O/c1-5-10(3)6-7-11(4,8-10)9(2)12/h5-8H2,1-4H3. The molecule has 0 spiro atoms. The number of ketones is 1. The van der Waals surface area contributed by atoms with Crippen LogP contribution in [0.5, 0.6) is 0 Å². The lowest BCUT2D eigenvalue weighted by Crippen LogP contribution is -2.23. The van der Waals surface area contributed by atoms with Gasteiger partial charge in [-0.2, -0.15) is 0 Å². The van der Waals surface area contributed by atoms with Crippen molar-refractivity contribution < 1.29 is 4.79 Å². The quantitative estimate of drug-likeness (QED) is 0.619. The molecule has 2 atom stereocenters. The summed E-state index contributed by atoms with van der Waals surface area (Å²) >= 11 is 0. The molecule has 1 rings (SSSR count). The highest BCUT2D eigenvalue weighted by Gasteiger charge is 2.44. The highest BCUT2D eigenvalue weighted by Crippen LogP contribution is 2.51. The Labute approximate surface area is 75.5 Å². The summed E-state index contributed by atoms with van der Waals surface area (Å²) in [6.07, 6.45) is 4.61. The van der Waals surface area contributed by atoms with Gasteiger partial charge < -0.3 is 0 Å². The Morgan fingerprint density at radius 3 is 2.17 bits per heavy atom. The lowest BCUT2D eigenvalue weighted by atomic mass is 9.78. The molecule has 0 aromatic heterocycles. The highest BCUT2D eigenvalue weighted by molar-refractivity contribution is 5.82. The van der Waals surface area contributed by atoms with E-state index in [1.165, 1.54) is 12.8 Å². The zero-order valence-corrected chi connectivity index (χ0v) is 8.74. The molecule has 0 amide bonds. The number of hydrogen-bond acceptors (Lipinski definition) is 1. The Morgan fingerprint density at radius 2 is 1.92 bits per heavy atom. The lowest BCUT2D eigenvalue weighted by molar-refractivity contribution is -0.125. The number of hydrogen-bond donors (Lipinski definition) is 0. The average Bonchev–Trinajstić information content (AvgIpc) is 2.30. The van der Waals surface area contributed by atoms with Crippen LogP contribution in [0.25, 0.3) is 0 Å². The fourth-order valence-electron chi connectivity index (χ4n) is 2.30. The summed E-state index contributed by atoms with van der Waals surface area (Å²) in [6.45, 7) is 8.39. The van der Waals surface area contributed by atoms with Crippen molar-refractivity contribution in [2.24, 2.45) is 10.8 Å². The Bertz CT molecular complexity index is 197. The largest absolute Gasteiger partial charge is 0.299 e. The number of carbonyl (C=O) groups is 1. The van der Waals surface area contributed by atoms with E-state index >= 15 is 0 Å². The molecule has 2 unspecified atom stereocenters. The van der Waals surface area contributed by atoms with Crippen LogP contribution >= 0.6 is 0 Å². The first-order valence-electron chi connectivity index (χ1n) is 4.93. The van der Waals surface area contributed by atoms with E-state index in [-0.39, 0.29) is 5.41 Å². The van der Waals surface area contributed by atoms with Crippen molar-refractivity contribution in [3.8, 4) is 0 Å². The summed E-state index contributed by atoms with van der Waals surface area (Å²) in [5, 5.41) is 0. The normalized spacial score (nSPS) is 41.7. The molecule has 12 heavy (non-hydrogen) atoms. The summed E-state index contributed by atoms with van der Waals surface area (Å²) in [5.74, 6) is 0.375. The maximum atomic E-state index is 11.4. The molecule has 1 heteroatoms. The summed E-state index contributed by atoms with van der Waals surface area (Å²) < 4.78 is 0. The maximum Gasteiger partial charge on any atom is 0.135 e. The van der Waals surface area contributed by atoms with Gasteiger partial charge in [0.15, 0.2) is 0 Å². The molecular formula is C11H20O. The van der Waals surface area contributed by atoms with Crippen molar-refractivity contribution >= 4 is 5.78 Å². The Balaban J connectivity index is 2.73. The third-order valence-electron chi connectivity index (χ3n) is 3.80. The minimum Gasteiger partial charge on any atom is -0.299 e. The molecule has 70 valence electrons. The van der Waals surface area contributed by atoms with E-state index in [0.717, 1.165) is 12.8 Å². The molecule has 0 aromatic carbocycles. The number of rotatable bonds is 2. The molecule has 0 N–H and O–H groups in total. The lowest BCUT2D eigenvalue weighted by Gasteiger charge is -2.25. The molecular weight excluding hydrogens is 148 g/mol. The van der Waals surface area contributed by atoms with Crippen LogP contribution in [-0.4, -0.2) is 5.78 Å². The van der Waals surface area contributed by atoms with Crippen LogP contribution in [0.1, 0.15) is 53.4 Å². The highest BCUT2D eigenvalue weighted by atomic mass is 16.1.